The van der Waals surface area contributed by atoms with Crippen LogP contribution in [-0.2, 0) is 11.2 Å². The summed E-state index contributed by atoms with van der Waals surface area (Å²) in [6.45, 7) is 4.39. The number of nitrogens with one attached hydrogen (secondary N) is 1. The van der Waals surface area contributed by atoms with E-state index in [2.05, 4.69) is 15.4 Å². The monoisotopic (exact) mass is 226 g/mol. The predicted octanol–water partition coefficient (Wildman–Crippen LogP) is 0.738. The lowest BCUT2D eigenvalue weighted by Gasteiger charge is -2.13. The van der Waals surface area contributed by atoms with Crippen LogP contribution < -0.4 is 16.0 Å². The smallest absolute Gasteiger partial charge is 0.219 e. The van der Waals surface area contributed by atoms with Gasteiger partial charge >= 0.3 is 0 Å². The summed E-state index contributed by atoms with van der Waals surface area (Å²) in [5.74, 6) is 7.05. The number of ether oxygens (including phenoxy) is 2. The van der Waals surface area contributed by atoms with E-state index in [-0.39, 0.29) is 6.10 Å². The molecule has 3 N–H and O–H groups in total. The number of nitrogens with zero attached hydrogens (tertiary/aromatic N) is 2. The molecule has 0 saturated heterocycles. The fourth-order valence-corrected chi connectivity index (χ4v) is 1.24. The van der Waals surface area contributed by atoms with Crippen molar-refractivity contribution in [3.8, 4) is 5.88 Å². The summed E-state index contributed by atoms with van der Waals surface area (Å²) in [7, 11) is 1.63. The zero-order valence-electron chi connectivity index (χ0n) is 9.86. The van der Waals surface area contributed by atoms with Gasteiger partial charge in [0, 0.05) is 19.6 Å². The van der Waals surface area contributed by atoms with E-state index >= 15 is 0 Å². The maximum Gasteiger partial charge on any atom is 0.219 e. The molecule has 0 aliphatic carbocycles. The number of hydrazine groups is 1. The molecule has 0 aliphatic heterocycles. The zero-order valence-corrected chi connectivity index (χ0v) is 9.86. The second kappa shape index (κ2) is 6.24. The van der Waals surface area contributed by atoms with Gasteiger partial charge in [-0.25, -0.2) is 10.8 Å². The largest absolute Gasteiger partial charge is 0.472 e. The molecule has 6 heteroatoms. The molecule has 6 nitrogen and oxygen atoms in total. The summed E-state index contributed by atoms with van der Waals surface area (Å²) in [5.41, 5.74) is 2.48. The number of aryl methyl sites for hydroxylation is 1. The first kappa shape index (κ1) is 12.7. The van der Waals surface area contributed by atoms with E-state index in [0.29, 0.717) is 24.1 Å². The van der Waals surface area contributed by atoms with E-state index < -0.39 is 0 Å². The molecule has 1 rings (SSSR count). The number of nitrogens with two attached hydrogens (primary N) is 1. The summed E-state index contributed by atoms with van der Waals surface area (Å²) < 4.78 is 10.5. The summed E-state index contributed by atoms with van der Waals surface area (Å²) in [6.07, 6.45) is 0.667. The van der Waals surface area contributed by atoms with Gasteiger partial charge < -0.3 is 14.9 Å². The average Bonchev–Trinajstić information content (AvgIpc) is 2.28. The second-order valence-corrected chi connectivity index (χ2v) is 3.39. The third-order valence-electron chi connectivity index (χ3n) is 1.94. The van der Waals surface area contributed by atoms with Crippen LogP contribution in [0, 0.1) is 0 Å². The summed E-state index contributed by atoms with van der Waals surface area (Å²) in [5, 5.41) is 0. The van der Waals surface area contributed by atoms with Crippen molar-refractivity contribution in [2.45, 2.75) is 26.4 Å². The first-order valence-corrected chi connectivity index (χ1v) is 5.19. The Morgan fingerprint density at radius 1 is 1.50 bits per heavy atom. The summed E-state index contributed by atoms with van der Waals surface area (Å²) in [6, 6.07) is 1.66. The Kier molecular flexibility index (Phi) is 4.94. The molecule has 1 aromatic rings. The third-order valence-corrected chi connectivity index (χ3v) is 1.94. The number of anilines is 1. The van der Waals surface area contributed by atoms with E-state index in [1.807, 2.05) is 13.8 Å². The molecule has 1 heterocycles. The minimum absolute atomic E-state index is 0.0600. The van der Waals surface area contributed by atoms with Gasteiger partial charge in [0.2, 0.25) is 5.88 Å². The Balaban J connectivity index is 2.78. The van der Waals surface area contributed by atoms with Crippen LogP contribution in [0.1, 0.15) is 19.7 Å². The van der Waals surface area contributed by atoms with Crippen molar-refractivity contribution in [3.05, 3.63) is 11.9 Å². The normalized spacial score (nSPS) is 12.2. The number of hydrogen-bond donors (Lipinski definition) is 2. The van der Waals surface area contributed by atoms with E-state index in [1.165, 1.54) is 0 Å². The van der Waals surface area contributed by atoms with Crippen LogP contribution in [0.2, 0.25) is 0 Å². The minimum Gasteiger partial charge on any atom is -0.472 e. The SMILES string of the molecule is CCc1nc(NN)cc(OC(C)COC)n1. The highest BCUT2D eigenvalue weighted by Crippen LogP contribution is 2.14. The summed E-state index contributed by atoms with van der Waals surface area (Å²) in [4.78, 5) is 8.40. The van der Waals surface area contributed by atoms with Crippen LogP contribution in [0.25, 0.3) is 0 Å². The van der Waals surface area contributed by atoms with Gasteiger partial charge in [-0.2, -0.15) is 4.98 Å². The van der Waals surface area contributed by atoms with Crippen LogP contribution in [0.3, 0.4) is 0 Å². The van der Waals surface area contributed by atoms with Gasteiger partial charge in [0.15, 0.2) is 0 Å². The van der Waals surface area contributed by atoms with Gasteiger partial charge in [-0.15, -0.1) is 0 Å². The van der Waals surface area contributed by atoms with E-state index in [0.717, 1.165) is 6.42 Å². The van der Waals surface area contributed by atoms with Gasteiger partial charge in [0.1, 0.15) is 17.7 Å². The van der Waals surface area contributed by atoms with Crippen molar-refractivity contribution in [3.63, 3.8) is 0 Å². The molecule has 1 aromatic heterocycles. The Labute approximate surface area is 95.1 Å². The molecule has 0 radical (unpaired) electrons. The molecule has 1 atom stereocenters. The predicted molar refractivity (Wildman–Crippen MR) is 61.2 cm³/mol. The van der Waals surface area contributed by atoms with Gasteiger partial charge in [0.05, 0.1) is 6.61 Å². The van der Waals surface area contributed by atoms with Gasteiger partial charge in [-0.3, -0.25) is 0 Å². The van der Waals surface area contributed by atoms with Crippen molar-refractivity contribution < 1.29 is 9.47 Å². The fraction of sp³-hybridized carbons (Fsp3) is 0.600. The molecule has 0 fully saturated rings. The Hall–Kier alpha value is -1.40. The first-order valence-electron chi connectivity index (χ1n) is 5.19. The average molecular weight is 226 g/mol. The molecule has 0 saturated carbocycles. The third kappa shape index (κ3) is 3.63. The lowest BCUT2D eigenvalue weighted by atomic mass is 10.4. The van der Waals surface area contributed by atoms with E-state index in [1.54, 1.807) is 13.2 Å². The topological polar surface area (TPSA) is 82.3 Å². The fourth-order valence-electron chi connectivity index (χ4n) is 1.24. The quantitative estimate of drug-likeness (QED) is 0.550. The number of hydrogen-bond acceptors (Lipinski definition) is 6. The maximum absolute atomic E-state index is 5.57. The molecule has 0 amide bonds. The lowest BCUT2D eigenvalue weighted by molar-refractivity contribution is 0.0887. The molecule has 0 bridgehead atoms. The van der Waals surface area contributed by atoms with Crippen LogP contribution in [0.15, 0.2) is 6.07 Å². The van der Waals surface area contributed by atoms with E-state index in [9.17, 15) is 0 Å². The Morgan fingerprint density at radius 3 is 2.81 bits per heavy atom. The molecule has 1 unspecified atom stereocenters. The molecule has 16 heavy (non-hydrogen) atoms. The van der Waals surface area contributed by atoms with Crippen molar-refractivity contribution in [2.24, 2.45) is 5.84 Å². The van der Waals surface area contributed by atoms with Crippen LogP contribution >= 0.6 is 0 Å². The van der Waals surface area contributed by atoms with Crippen molar-refractivity contribution in [2.75, 3.05) is 19.1 Å². The molecule has 90 valence electrons. The maximum atomic E-state index is 5.57. The molecular formula is C10H18N4O2. The van der Waals surface area contributed by atoms with Crippen molar-refractivity contribution >= 4 is 5.82 Å². The van der Waals surface area contributed by atoms with Crippen molar-refractivity contribution in [1.29, 1.82) is 0 Å². The molecule has 0 aliphatic rings. The molecular weight excluding hydrogens is 208 g/mol. The van der Waals surface area contributed by atoms with Gasteiger partial charge in [-0.05, 0) is 6.92 Å². The number of methoxy groups -OCH3 is 1. The van der Waals surface area contributed by atoms with E-state index in [4.69, 9.17) is 15.3 Å². The standard InChI is InChI=1S/C10H18N4O2/c1-4-8-12-9(14-11)5-10(13-8)16-7(2)6-15-3/h5,7H,4,6,11H2,1-3H3,(H,12,13,14). The van der Waals surface area contributed by atoms with Crippen LogP contribution in [-0.4, -0.2) is 29.8 Å². The second-order valence-electron chi connectivity index (χ2n) is 3.39. The zero-order chi connectivity index (χ0) is 12.0. The first-order chi connectivity index (χ1) is 7.69. The highest BCUT2D eigenvalue weighted by atomic mass is 16.5. The number of aromatic nitrogens is 2. The molecule has 0 aromatic carbocycles. The Bertz CT molecular complexity index is 310. The van der Waals surface area contributed by atoms with Gasteiger partial charge in [0.25, 0.3) is 0 Å². The van der Waals surface area contributed by atoms with Crippen LogP contribution in [0.5, 0.6) is 5.88 Å². The summed E-state index contributed by atoms with van der Waals surface area (Å²) >= 11 is 0. The number of rotatable bonds is 6. The highest BCUT2D eigenvalue weighted by molar-refractivity contribution is 5.37. The lowest BCUT2D eigenvalue weighted by Crippen LogP contribution is -2.19. The number of nitrogen functional groups attached to an aromatic ring is 1. The molecule has 0 spiro atoms. The van der Waals surface area contributed by atoms with Crippen LogP contribution in [0.4, 0.5) is 5.82 Å². The Morgan fingerprint density at radius 2 is 2.25 bits per heavy atom. The van der Waals surface area contributed by atoms with Crippen molar-refractivity contribution in [1.82, 2.24) is 9.97 Å². The highest BCUT2D eigenvalue weighted by Gasteiger charge is 2.07. The van der Waals surface area contributed by atoms with Gasteiger partial charge in [-0.1, -0.05) is 6.92 Å². The minimum atomic E-state index is -0.0600.